The normalized spacial score (nSPS) is 20.4. The lowest BCUT2D eigenvalue weighted by Crippen LogP contribution is -2.44. The van der Waals surface area contributed by atoms with Crippen LogP contribution in [-0.4, -0.2) is 28.6 Å². The van der Waals surface area contributed by atoms with E-state index < -0.39 is 0 Å². The van der Waals surface area contributed by atoms with Crippen molar-refractivity contribution in [3.63, 3.8) is 0 Å². The highest BCUT2D eigenvalue weighted by molar-refractivity contribution is 7.17. The van der Waals surface area contributed by atoms with Crippen molar-refractivity contribution in [1.29, 1.82) is 0 Å². The third-order valence-electron chi connectivity index (χ3n) is 4.71. The Morgan fingerprint density at radius 3 is 2.96 bits per heavy atom. The Morgan fingerprint density at radius 2 is 2.20 bits per heavy atom. The van der Waals surface area contributed by atoms with E-state index in [0.717, 1.165) is 35.5 Å². The van der Waals surface area contributed by atoms with E-state index in [0.29, 0.717) is 22.8 Å². The summed E-state index contributed by atoms with van der Waals surface area (Å²) in [6, 6.07) is 7.55. The minimum atomic E-state index is -0.118. The van der Waals surface area contributed by atoms with Crippen LogP contribution >= 0.6 is 22.9 Å². The summed E-state index contributed by atoms with van der Waals surface area (Å²) in [7, 11) is 0. The number of hydrogen-bond donors (Lipinski definition) is 3. The van der Waals surface area contributed by atoms with Gasteiger partial charge in [-0.2, -0.15) is 0 Å². The summed E-state index contributed by atoms with van der Waals surface area (Å²) in [6.07, 6.45) is 1.06. The third-order valence-corrected chi connectivity index (χ3v) is 5.91. The molecule has 2 aromatic heterocycles. The van der Waals surface area contributed by atoms with Crippen molar-refractivity contribution in [2.24, 2.45) is 0 Å². The Morgan fingerprint density at radius 1 is 1.36 bits per heavy atom. The fourth-order valence-corrected chi connectivity index (χ4v) is 4.42. The van der Waals surface area contributed by atoms with Crippen molar-refractivity contribution in [3.05, 3.63) is 50.8 Å². The van der Waals surface area contributed by atoms with Crippen LogP contribution < -0.4 is 16.2 Å². The van der Waals surface area contributed by atoms with E-state index >= 15 is 0 Å². The van der Waals surface area contributed by atoms with E-state index in [2.05, 4.69) is 27.5 Å². The second-order valence-corrected chi connectivity index (χ2v) is 7.93. The van der Waals surface area contributed by atoms with Gasteiger partial charge in [-0.25, -0.2) is 4.98 Å². The molecule has 7 heteroatoms. The number of nitrogens with one attached hydrogen (secondary N) is 3. The quantitative estimate of drug-likeness (QED) is 0.656. The summed E-state index contributed by atoms with van der Waals surface area (Å²) >= 11 is 7.77. The molecule has 0 spiro atoms. The standard InChI is InChI=1S/C18H19ClN4OS/c1-18(6-7-20-10-18)21-8-14-22-16(24)15-12(9-25-17(15)23-14)11-4-2-3-5-13(11)19/h2-5,9,20-21H,6-8,10H2,1H3,(H,22,23,24). The van der Waals surface area contributed by atoms with Crippen LogP contribution in [0.15, 0.2) is 34.4 Å². The third kappa shape index (κ3) is 3.22. The zero-order valence-corrected chi connectivity index (χ0v) is 15.4. The van der Waals surface area contributed by atoms with E-state index in [9.17, 15) is 4.79 Å². The molecule has 1 unspecified atom stereocenters. The van der Waals surface area contributed by atoms with Crippen molar-refractivity contribution in [2.75, 3.05) is 13.1 Å². The molecule has 0 bridgehead atoms. The number of benzene rings is 1. The summed E-state index contributed by atoms with van der Waals surface area (Å²) in [5.74, 6) is 0.665. The Bertz CT molecular complexity index is 975. The molecule has 1 aliphatic heterocycles. The number of H-pyrrole nitrogens is 1. The number of halogens is 1. The maximum atomic E-state index is 12.7. The van der Waals surface area contributed by atoms with Crippen LogP contribution in [0, 0.1) is 0 Å². The highest BCUT2D eigenvalue weighted by Crippen LogP contribution is 2.34. The average molecular weight is 375 g/mol. The first kappa shape index (κ1) is 16.7. The van der Waals surface area contributed by atoms with E-state index in [1.54, 1.807) is 0 Å². The number of fused-ring (bicyclic) bond motifs is 1. The molecular formula is C18H19ClN4OS. The van der Waals surface area contributed by atoms with Crippen molar-refractivity contribution < 1.29 is 0 Å². The van der Waals surface area contributed by atoms with Gasteiger partial charge in [0.15, 0.2) is 0 Å². The van der Waals surface area contributed by atoms with Gasteiger partial charge in [0, 0.05) is 33.6 Å². The SMILES string of the molecule is CC1(NCc2nc3scc(-c4ccccc4Cl)c3c(=O)[nH]2)CCNC1. The lowest BCUT2D eigenvalue weighted by Gasteiger charge is -2.24. The summed E-state index contributed by atoms with van der Waals surface area (Å²) in [5.41, 5.74) is 1.63. The molecule has 0 amide bonds. The van der Waals surface area contributed by atoms with Gasteiger partial charge in [-0.1, -0.05) is 29.8 Å². The summed E-state index contributed by atoms with van der Waals surface area (Å²) < 4.78 is 0. The fourth-order valence-electron chi connectivity index (χ4n) is 3.22. The Kier molecular flexibility index (Phi) is 4.37. The molecule has 25 heavy (non-hydrogen) atoms. The topological polar surface area (TPSA) is 69.8 Å². The zero-order valence-electron chi connectivity index (χ0n) is 13.9. The van der Waals surface area contributed by atoms with Crippen molar-refractivity contribution >= 4 is 33.2 Å². The molecule has 0 radical (unpaired) electrons. The lowest BCUT2D eigenvalue weighted by molar-refractivity contribution is 0.380. The van der Waals surface area contributed by atoms with Gasteiger partial charge in [0.25, 0.3) is 5.56 Å². The highest BCUT2D eigenvalue weighted by atomic mass is 35.5. The van der Waals surface area contributed by atoms with Crippen LogP contribution in [0.3, 0.4) is 0 Å². The Labute approximate surface area is 154 Å². The second kappa shape index (κ2) is 6.53. The maximum absolute atomic E-state index is 12.7. The van der Waals surface area contributed by atoms with Gasteiger partial charge >= 0.3 is 0 Å². The lowest BCUT2D eigenvalue weighted by atomic mass is 10.0. The van der Waals surface area contributed by atoms with Crippen LogP contribution in [0.1, 0.15) is 19.2 Å². The van der Waals surface area contributed by atoms with Crippen LogP contribution in [0.25, 0.3) is 21.3 Å². The maximum Gasteiger partial charge on any atom is 0.260 e. The first-order valence-corrected chi connectivity index (χ1v) is 9.53. The minimum Gasteiger partial charge on any atom is -0.315 e. The molecule has 1 atom stereocenters. The van der Waals surface area contributed by atoms with E-state index in [-0.39, 0.29) is 11.1 Å². The van der Waals surface area contributed by atoms with Gasteiger partial charge < -0.3 is 15.6 Å². The van der Waals surface area contributed by atoms with Gasteiger partial charge in [-0.15, -0.1) is 11.3 Å². The molecule has 1 saturated heterocycles. The minimum absolute atomic E-state index is 0.0473. The summed E-state index contributed by atoms with van der Waals surface area (Å²) in [6.45, 7) is 4.67. The van der Waals surface area contributed by atoms with Gasteiger partial charge in [-0.05, 0) is 26.0 Å². The van der Waals surface area contributed by atoms with Crippen LogP contribution in [-0.2, 0) is 6.54 Å². The van der Waals surface area contributed by atoms with Crippen molar-refractivity contribution in [1.82, 2.24) is 20.6 Å². The zero-order chi connectivity index (χ0) is 17.4. The average Bonchev–Trinajstić information content (AvgIpc) is 3.21. The molecule has 3 heterocycles. The van der Waals surface area contributed by atoms with Gasteiger partial charge in [0.2, 0.25) is 0 Å². The van der Waals surface area contributed by atoms with E-state index in [1.807, 2.05) is 29.6 Å². The van der Waals surface area contributed by atoms with Gasteiger partial charge in [0.05, 0.1) is 11.9 Å². The molecule has 0 aliphatic carbocycles. The highest BCUT2D eigenvalue weighted by Gasteiger charge is 2.27. The number of aromatic nitrogens is 2. The molecule has 0 saturated carbocycles. The molecule has 1 aromatic carbocycles. The molecule has 3 N–H and O–H groups in total. The molecule has 1 aliphatic rings. The molecule has 1 fully saturated rings. The van der Waals surface area contributed by atoms with Crippen molar-refractivity contribution in [2.45, 2.75) is 25.4 Å². The largest absolute Gasteiger partial charge is 0.315 e. The smallest absolute Gasteiger partial charge is 0.260 e. The van der Waals surface area contributed by atoms with Crippen LogP contribution in [0.2, 0.25) is 5.02 Å². The van der Waals surface area contributed by atoms with Crippen LogP contribution in [0.5, 0.6) is 0 Å². The van der Waals surface area contributed by atoms with E-state index in [1.165, 1.54) is 11.3 Å². The number of hydrogen-bond acceptors (Lipinski definition) is 5. The predicted octanol–water partition coefficient (Wildman–Crippen LogP) is 3.15. The first-order chi connectivity index (χ1) is 12.1. The molecule has 130 valence electrons. The summed E-state index contributed by atoms with van der Waals surface area (Å²) in [5, 5.41) is 10.0. The Hall–Kier alpha value is -1.73. The Balaban J connectivity index is 1.68. The van der Waals surface area contributed by atoms with Crippen LogP contribution in [0.4, 0.5) is 0 Å². The monoisotopic (exact) mass is 374 g/mol. The molecule has 4 rings (SSSR count). The first-order valence-electron chi connectivity index (χ1n) is 8.27. The van der Waals surface area contributed by atoms with Crippen molar-refractivity contribution in [3.8, 4) is 11.1 Å². The predicted molar refractivity (Wildman–Crippen MR) is 103 cm³/mol. The number of rotatable bonds is 4. The molecular weight excluding hydrogens is 356 g/mol. The second-order valence-electron chi connectivity index (χ2n) is 6.66. The fraction of sp³-hybridized carbons (Fsp3) is 0.333. The molecule has 3 aromatic rings. The summed E-state index contributed by atoms with van der Waals surface area (Å²) in [4.78, 5) is 21.0. The van der Waals surface area contributed by atoms with Gasteiger partial charge in [0.1, 0.15) is 10.7 Å². The number of nitrogens with zero attached hydrogens (tertiary/aromatic N) is 1. The van der Waals surface area contributed by atoms with E-state index in [4.69, 9.17) is 11.6 Å². The number of aromatic amines is 1. The van der Waals surface area contributed by atoms with Gasteiger partial charge in [-0.3, -0.25) is 4.79 Å². The number of thiophene rings is 1. The molecule has 5 nitrogen and oxygen atoms in total.